The largest absolute Gasteiger partial charge is 0.349 e. The molecule has 2 rings (SSSR count). The Bertz CT molecular complexity index is 319. The van der Waals surface area contributed by atoms with Crippen molar-refractivity contribution >= 4 is 33.2 Å². The van der Waals surface area contributed by atoms with Gasteiger partial charge in [0.1, 0.15) is 0 Å². The monoisotopic (exact) mass is 259 g/mol. The molecule has 4 heteroatoms. The summed E-state index contributed by atoms with van der Waals surface area (Å²) in [6, 6.07) is 2.28. The minimum absolute atomic E-state index is 0.0617. The Kier molecular flexibility index (Phi) is 2.69. The molecule has 0 radical (unpaired) electrons. The zero-order valence-electron chi connectivity index (χ0n) is 7.05. The summed E-state index contributed by atoms with van der Waals surface area (Å²) in [7, 11) is 0. The first-order chi connectivity index (χ1) is 6.25. The average Bonchev–Trinajstić information content (AvgIpc) is 2.44. The summed E-state index contributed by atoms with van der Waals surface area (Å²) in [6.45, 7) is 0. The number of hydrogen-bond donors (Lipinski definition) is 1. The van der Waals surface area contributed by atoms with Gasteiger partial charge < -0.3 is 5.32 Å². The molecule has 13 heavy (non-hydrogen) atoms. The molecule has 0 aliphatic heterocycles. The van der Waals surface area contributed by atoms with Gasteiger partial charge in [0.05, 0.1) is 9.35 Å². The highest BCUT2D eigenvalue weighted by atomic mass is 79.9. The van der Waals surface area contributed by atoms with Crippen molar-refractivity contribution in [3.05, 3.63) is 20.8 Å². The van der Waals surface area contributed by atoms with Crippen LogP contribution in [0.3, 0.4) is 0 Å². The average molecular weight is 260 g/mol. The fourth-order valence-corrected chi connectivity index (χ4v) is 2.39. The van der Waals surface area contributed by atoms with E-state index in [1.807, 2.05) is 11.4 Å². The molecule has 0 atom stereocenters. The van der Waals surface area contributed by atoms with Crippen LogP contribution in [0, 0.1) is 0 Å². The molecule has 1 aromatic rings. The van der Waals surface area contributed by atoms with Gasteiger partial charge in [-0.1, -0.05) is 0 Å². The van der Waals surface area contributed by atoms with Gasteiger partial charge in [-0.3, -0.25) is 4.79 Å². The topological polar surface area (TPSA) is 29.1 Å². The third-order valence-corrected chi connectivity index (χ3v) is 3.77. The number of hydrogen-bond acceptors (Lipinski definition) is 2. The molecule has 1 heterocycles. The van der Waals surface area contributed by atoms with Crippen LogP contribution in [0.15, 0.2) is 15.2 Å². The molecule has 0 saturated heterocycles. The van der Waals surface area contributed by atoms with E-state index in [0.717, 1.165) is 22.2 Å². The lowest BCUT2D eigenvalue weighted by atomic mass is 9.93. The van der Waals surface area contributed by atoms with E-state index in [9.17, 15) is 4.79 Å². The lowest BCUT2D eigenvalue weighted by Gasteiger charge is -2.26. The first-order valence-electron chi connectivity index (χ1n) is 4.30. The number of nitrogens with one attached hydrogen (secondary N) is 1. The zero-order chi connectivity index (χ0) is 9.26. The van der Waals surface area contributed by atoms with Crippen molar-refractivity contribution in [2.45, 2.75) is 25.3 Å². The molecular weight excluding hydrogens is 250 g/mol. The molecule has 2 nitrogen and oxygen atoms in total. The van der Waals surface area contributed by atoms with Gasteiger partial charge in [0.15, 0.2) is 0 Å². The Hall–Kier alpha value is -0.350. The van der Waals surface area contributed by atoms with E-state index in [1.165, 1.54) is 6.42 Å². The van der Waals surface area contributed by atoms with Crippen molar-refractivity contribution in [1.82, 2.24) is 5.32 Å². The molecule has 0 bridgehead atoms. The van der Waals surface area contributed by atoms with Crippen molar-refractivity contribution in [3.8, 4) is 0 Å². The van der Waals surface area contributed by atoms with Crippen molar-refractivity contribution in [3.63, 3.8) is 0 Å². The normalized spacial score (nSPS) is 16.7. The Labute approximate surface area is 89.5 Å². The van der Waals surface area contributed by atoms with Crippen LogP contribution in [0.4, 0.5) is 0 Å². The number of rotatable bonds is 2. The van der Waals surface area contributed by atoms with Gasteiger partial charge in [0.25, 0.3) is 5.91 Å². The van der Waals surface area contributed by atoms with E-state index >= 15 is 0 Å². The summed E-state index contributed by atoms with van der Waals surface area (Å²) in [5, 5.41) is 4.87. The lowest BCUT2D eigenvalue weighted by Crippen LogP contribution is -2.39. The third-order valence-electron chi connectivity index (χ3n) is 2.27. The molecule has 0 aromatic carbocycles. The fourth-order valence-electron chi connectivity index (χ4n) is 1.25. The second kappa shape index (κ2) is 3.80. The molecule has 1 N–H and O–H groups in total. The summed E-state index contributed by atoms with van der Waals surface area (Å²) in [4.78, 5) is 11.5. The van der Waals surface area contributed by atoms with Gasteiger partial charge in [-0.05, 0) is 41.3 Å². The van der Waals surface area contributed by atoms with E-state index in [1.54, 1.807) is 11.3 Å². The molecule has 1 saturated carbocycles. The standard InChI is InChI=1S/C9H10BrNOS/c10-8-4-6(5-13-8)9(12)11-7-2-1-3-7/h4-5,7H,1-3H2,(H,11,12). The summed E-state index contributed by atoms with van der Waals surface area (Å²) in [5.74, 6) is 0.0617. The number of carbonyl (C=O) groups is 1. The van der Waals surface area contributed by atoms with Crippen LogP contribution in [0.5, 0.6) is 0 Å². The maximum atomic E-state index is 11.5. The molecular formula is C9H10BrNOS. The fraction of sp³-hybridized carbons (Fsp3) is 0.444. The summed E-state index contributed by atoms with van der Waals surface area (Å²) in [5.41, 5.74) is 0.767. The van der Waals surface area contributed by atoms with Crippen LogP contribution in [0.1, 0.15) is 29.6 Å². The molecule has 0 unspecified atom stereocenters. The SMILES string of the molecule is O=C(NC1CCC1)c1csc(Br)c1. The first kappa shape index (κ1) is 9.21. The van der Waals surface area contributed by atoms with Gasteiger partial charge >= 0.3 is 0 Å². The molecule has 1 aromatic heterocycles. The van der Waals surface area contributed by atoms with Crippen LogP contribution in [0.2, 0.25) is 0 Å². The minimum Gasteiger partial charge on any atom is -0.349 e. The highest BCUT2D eigenvalue weighted by Crippen LogP contribution is 2.22. The quantitative estimate of drug-likeness (QED) is 0.870. The van der Waals surface area contributed by atoms with Crippen molar-refractivity contribution in [1.29, 1.82) is 0 Å². The van der Waals surface area contributed by atoms with Crippen LogP contribution in [-0.4, -0.2) is 11.9 Å². The lowest BCUT2D eigenvalue weighted by molar-refractivity contribution is 0.0917. The zero-order valence-corrected chi connectivity index (χ0v) is 9.45. The number of amides is 1. The van der Waals surface area contributed by atoms with E-state index in [4.69, 9.17) is 0 Å². The summed E-state index contributed by atoms with van der Waals surface area (Å²) >= 11 is 4.88. The second-order valence-corrected chi connectivity index (χ2v) is 5.53. The van der Waals surface area contributed by atoms with Crippen LogP contribution >= 0.6 is 27.3 Å². The molecule has 70 valence electrons. The Morgan fingerprint density at radius 3 is 2.85 bits per heavy atom. The molecule has 1 fully saturated rings. The summed E-state index contributed by atoms with van der Waals surface area (Å²) in [6.07, 6.45) is 3.52. The predicted octanol–water partition coefficient (Wildman–Crippen LogP) is 2.79. The minimum atomic E-state index is 0.0617. The van der Waals surface area contributed by atoms with Gasteiger partial charge in [-0.2, -0.15) is 0 Å². The summed E-state index contributed by atoms with van der Waals surface area (Å²) < 4.78 is 1.01. The van der Waals surface area contributed by atoms with E-state index in [0.29, 0.717) is 6.04 Å². The van der Waals surface area contributed by atoms with Crippen LogP contribution < -0.4 is 5.32 Å². The van der Waals surface area contributed by atoms with Gasteiger partial charge in [-0.15, -0.1) is 11.3 Å². The Morgan fingerprint density at radius 2 is 2.38 bits per heavy atom. The maximum absolute atomic E-state index is 11.5. The molecule has 1 aliphatic carbocycles. The number of carbonyl (C=O) groups excluding carboxylic acids is 1. The van der Waals surface area contributed by atoms with E-state index < -0.39 is 0 Å². The smallest absolute Gasteiger partial charge is 0.252 e. The highest BCUT2D eigenvalue weighted by molar-refractivity contribution is 9.11. The molecule has 1 amide bonds. The van der Waals surface area contributed by atoms with Crippen molar-refractivity contribution < 1.29 is 4.79 Å². The Balaban J connectivity index is 1.96. The van der Waals surface area contributed by atoms with Gasteiger partial charge in [-0.25, -0.2) is 0 Å². The molecule has 0 spiro atoms. The maximum Gasteiger partial charge on any atom is 0.252 e. The van der Waals surface area contributed by atoms with Crippen molar-refractivity contribution in [2.75, 3.05) is 0 Å². The van der Waals surface area contributed by atoms with E-state index in [-0.39, 0.29) is 5.91 Å². The number of halogens is 1. The third kappa shape index (κ3) is 2.11. The van der Waals surface area contributed by atoms with Gasteiger partial charge in [0, 0.05) is 11.4 Å². The number of thiophene rings is 1. The molecule has 1 aliphatic rings. The van der Waals surface area contributed by atoms with Crippen LogP contribution in [0.25, 0.3) is 0 Å². The van der Waals surface area contributed by atoms with Crippen molar-refractivity contribution in [2.24, 2.45) is 0 Å². The van der Waals surface area contributed by atoms with Gasteiger partial charge in [0.2, 0.25) is 0 Å². The van der Waals surface area contributed by atoms with Crippen LogP contribution in [-0.2, 0) is 0 Å². The first-order valence-corrected chi connectivity index (χ1v) is 5.98. The second-order valence-electron chi connectivity index (χ2n) is 3.24. The Morgan fingerprint density at radius 1 is 1.62 bits per heavy atom. The highest BCUT2D eigenvalue weighted by Gasteiger charge is 2.20. The van der Waals surface area contributed by atoms with E-state index in [2.05, 4.69) is 21.2 Å². The predicted molar refractivity (Wildman–Crippen MR) is 57.1 cm³/mol.